The quantitative estimate of drug-likeness (QED) is 0.637. The molecule has 0 aliphatic carbocycles. The Kier molecular flexibility index (Phi) is 6.05. The van der Waals surface area contributed by atoms with Gasteiger partial charge in [0.25, 0.3) is 5.91 Å². The van der Waals surface area contributed by atoms with Gasteiger partial charge in [0.1, 0.15) is 23.9 Å². The molecule has 0 aliphatic rings. The van der Waals surface area contributed by atoms with Crippen molar-refractivity contribution in [1.82, 2.24) is 0 Å². The molecular weight excluding hydrogens is 345 g/mol. The van der Waals surface area contributed by atoms with Crippen LogP contribution in [0.3, 0.4) is 0 Å². The van der Waals surface area contributed by atoms with Crippen molar-refractivity contribution < 1.29 is 18.7 Å². The molecule has 0 unspecified atom stereocenters. The third kappa shape index (κ3) is 5.07. The van der Waals surface area contributed by atoms with Crippen molar-refractivity contribution in [3.8, 4) is 11.5 Å². The summed E-state index contributed by atoms with van der Waals surface area (Å²) in [6.45, 7) is 2.69. The number of carbonyl (C=O) groups is 1. The molecule has 0 saturated heterocycles. The van der Waals surface area contributed by atoms with E-state index in [1.54, 1.807) is 18.2 Å². The fraction of sp³-hybridized carbons (Fsp3) is 0.136. The number of halogens is 1. The molecule has 0 bridgehead atoms. The SMILES string of the molecule is CCOc1ccc(C(=O)Nc2ccc(F)cc2)cc1COc1ccccc1. The van der Waals surface area contributed by atoms with Gasteiger partial charge in [-0.2, -0.15) is 0 Å². The lowest BCUT2D eigenvalue weighted by molar-refractivity contribution is 0.102. The molecule has 5 heteroatoms. The van der Waals surface area contributed by atoms with E-state index in [2.05, 4.69) is 5.32 Å². The van der Waals surface area contributed by atoms with Crippen LogP contribution in [-0.4, -0.2) is 12.5 Å². The number of nitrogens with one attached hydrogen (secondary N) is 1. The van der Waals surface area contributed by atoms with E-state index in [1.165, 1.54) is 24.3 Å². The maximum Gasteiger partial charge on any atom is 0.255 e. The molecule has 0 heterocycles. The molecule has 3 aromatic carbocycles. The molecule has 0 fully saturated rings. The minimum Gasteiger partial charge on any atom is -0.493 e. The summed E-state index contributed by atoms with van der Waals surface area (Å²) in [5.41, 5.74) is 1.76. The Balaban J connectivity index is 1.77. The highest BCUT2D eigenvalue weighted by Gasteiger charge is 2.12. The number of ether oxygens (including phenoxy) is 2. The molecule has 0 radical (unpaired) electrons. The van der Waals surface area contributed by atoms with E-state index in [4.69, 9.17) is 9.47 Å². The third-order valence-electron chi connectivity index (χ3n) is 3.86. The molecule has 27 heavy (non-hydrogen) atoms. The first-order valence-electron chi connectivity index (χ1n) is 8.66. The number of amides is 1. The molecule has 3 aromatic rings. The smallest absolute Gasteiger partial charge is 0.255 e. The van der Waals surface area contributed by atoms with Crippen LogP contribution in [0.5, 0.6) is 11.5 Å². The summed E-state index contributed by atoms with van der Waals surface area (Å²) in [7, 11) is 0. The molecule has 0 aliphatic heterocycles. The highest BCUT2D eigenvalue weighted by Crippen LogP contribution is 2.23. The molecule has 4 nitrogen and oxygen atoms in total. The van der Waals surface area contributed by atoms with Gasteiger partial charge < -0.3 is 14.8 Å². The van der Waals surface area contributed by atoms with Crippen molar-refractivity contribution in [1.29, 1.82) is 0 Å². The average molecular weight is 365 g/mol. The Hall–Kier alpha value is -3.34. The second-order valence-electron chi connectivity index (χ2n) is 5.82. The monoisotopic (exact) mass is 365 g/mol. The fourth-order valence-electron chi connectivity index (χ4n) is 2.54. The van der Waals surface area contributed by atoms with E-state index in [0.29, 0.717) is 23.6 Å². The largest absolute Gasteiger partial charge is 0.493 e. The van der Waals surface area contributed by atoms with Gasteiger partial charge in [-0.15, -0.1) is 0 Å². The summed E-state index contributed by atoms with van der Waals surface area (Å²) < 4.78 is 24.4. The first-order chi connectivity index (χ1) is 13.2. The predicted molar refractivity (Wildman–Crippen MR) is 103 cm³/mol. The summed E-state index contributed by atoms with van der Waals surface area (Å²) in [6.07, 6.45) is 0. The summed E-state index contributed by atoms with van der Waals surface area (Å²) in [5.74, 6) is 0.771. The van der Waals surface area contributed by atoms with Gasteiger partial charge in [0.2, 0.25) is 0 Å². The van der Waals surface area contributed by atoms with Crippen LogP contribution in [0.2, 0.25) is 0 Å². The molecule has 0 atom stereocenters. The summed E-state index contributed by atoms with van der Waals surface area (Å²) >= 11 is 0. The van der Waals surface area contributed by atoms with E-state index in [0.717, 1.165) is 11.3 Å². The second kappa shape index (κ2) is 8.85. The third-order valence-corrected chi connectivity index (χ3v) is 3.86. The van der Waals surface area contributed by atoms with E-state index in [1.807, 2.05) is 37.3 Å². The normalized spacial score (nSPS) is 10.3. The number of anilines is 1. The first kappa shape index (κ1) is 18.5. The van der Waals surface area contributed by atoms with Gasteiger partial charge in [-0.25, -0.2) is 4.39 Å². The van der Waals surface area contributed by atoms with Gasteiger partial charge in [0.05, 0.1) is 6.61 Å². The molecule has 0 aromatic heterocycles. The Morgan fingerprint density at radius 3 is 2.41 bits per heavy atom. The zero-order valence-electron chi connectivity index (χ0n) is 14.9. The highest BCUT2D eigenvalue weighted by molar-refractivity contribution is 6.04. The van der Waals surface area contributed by atoms with Crippen molar-refractivity contribution in [2.45, 2.75) is 13.5 Å². The fourth-order valence-corrected chi connectivity index (χ4v) is 2.54. The number of hydrogen-bond acceptors (Lipinski definition) is 3. The van der Waals surface area contributed by atoms with Crippen LogP contribution in [0.15, 0.2) is 72.8 Å². The zero-order valence-corrected chi connectivity index (χ0v) is 14.9. The minimum atomic E-state index is -0.352. The van der Waals surface area contributed by atoms with Crippen molar-refractivity contribution in [3.05, 3.63) is 89.7 Å². The zero-order chi connectivity index (χ0) is 19.1. The number of carbonyl (C=O) groups excluding carboxylic acids is 1. The van der Waals surface area contributed by atoms with Gasteiger partial charge in [0, 0.05) is 16.8 Å². The molecule has 3 rings (SSSR count). The van der Waals surface area contributed by atoms with E-state index in [-0.39, 0.29) is 18.3 Å². The van der Waals surface area contributed by atoms with Crippen LogP contribution in [0.25, 0.3) is 0 Å². The highest BCUT2D eigenvalue weighted by atomic mass is 19.1. The van der Waals surface area contributed by atoms with E-state index >= 15 is 0 Å². The molecule has 1 amide bonds. The second-order valence-corrected chi connectivity index (χ2v) is 5.82. The molecule has 0 spiro atoms. The van der Waals surface area contributed by atoms with Crippen LogP contribution in [0.1, 0.15) is 22.8 Å². The van der Waals surface area contributed by atoms with Crippen molar-refractivity contribution >= 4 is 11.6 Å². The number of para-hydroxylation sites is 1. The summed E-state index contributed by atoms with van der Waals surface area (Å²) in [6, 6.07) is 20.3. The van der Waals surface area contributed by atoms with Crippen molar-refractivity contribution in [3.63, 3.8) is 0 Å². The summed E-state index contributed by atoms with van der Waals surface area (Å²) in [4.78, 5) is 12.5. The van der Waals surface area contributed by atoms with Crippen molar-refractivity contribution in [2.24, 2.45) is 0 Å². The number of hydrogen-bond donors (Lipinski definition) is 1. The molecular formula is C22H20FNO3. The van der Waals surface area contributed by atoms with Gasteiger partial charge in [0.15, 0.2) is 0 Å². The average Bonchev–Trinajstić information content (AvgIpc) is 2.70. The molecule has 1 N–H and O–H groups in total. The van der Waals surface area contributed by atoms with E-state index in [9.17, 15) is 9.18 Å². The first-order valence-corrected chi connectivity index (χ1v) is 8.66. The van der Waals surface area contributed by atoms with Gasteiger partial charge >= 0.3 is 0 Å². The Morgan fingerprint density at radius 1 is 0.963 bits per heavy atom. The Bertz CT molecular complexity index is 895. The number of benzene rings is 3. The Labute approximate surface area is 157 Å². The van der Waals surface area contributed by atoms with Gasteiger partial charge in [-0.05, 0) is 61.5 Å². The van der Waals surface area contributed by atoms with Gasteiger partial charge in [-0.3, -0.25) is 4.79 Å². The van der Waals surface area contributed by atoms with Crippen LogP contribution < -0.4 is 14.8 Å². The summed E-state index contributed by atoms with van der Waals surface area (Å²) in [5, 5.41) is 2.75. The molecule has 0 saturated carbocycles. The lowest BCUT2D eigenvalue weighted by Crippen LogP contribution is -2.13. The maximum atomic E-state index is 13.0. The lowest BCUT2D eigenvalue weighted by Gasteiger charge is -2.13. The van der Waals surface area contributed by atoms with Crippen molar-refractivity contribution in [2.75, 3.05) is 11.9 Å². The van der Waals surface area contributed by atoms with Gasteiger partial charge in [-0.1, -0.05) is 18.2 Å². The molecule has 138 valence electrons. The predicted octanol–water partition coefficient (Wildman–Crippen LogP) is 5.06. The lowest BCUT2D eigenvalue weighted by atomic mass is 10.1. The Morgan fingerprint density at radius 2 is 1.70 bits per heavy atom. The minimum absolute atomic E-state index is 0.275. The number of rotatable bonds is 7. The van der Waals surface area contributed by atoms with Crippen LogP contribution in [0.4, 0.5) is 10.1 Å². The van der Waals surface area contributed by atoms with E-state index < -0.39 is 0 Å². The maximum absolute atomic E-state index is 13.0. The standard InChI is InChI=1S/C22H20FNO3/c1-2-26-21-13-8-16(22(25)24-19-11-9-18(23)10-12-19)14-17(21)15-27-20-6-4-3-5-7-20/h3-14H,2,15H2,1H3,(H,24,25). The topological polar surface area (TPSA) is 47.6 Å². The van der Waals surface area contributed by atoms with Crippen LogP contribution in [0, 0.1) is 5.82 Å². The van der Waals surface area contributed by atoms with Crippen LogP contribution in [-0.2, 0) is 6.61 Å². The van der Waals surface area contributed by atoms with Crippen LogP contribution >= 0.6 is 0 Å².